The van der Waals surface area contributed by atoms with Gasteiger partial charge in [0.15, 0.2) is 6.04 Å². The number of fused-ring (bicyclic) bond motifs is 2. The van der Waals surface area contributed by atoms with Crippen LogP contribution in [0.15, 0.2) is 189 Å². The lowest BCUT2D eigenvalue weighted by Crippen LogP contribution is -2.51. The highest BCUT2D eigenvalue weighted by Crippen LogP contribution is 2.40. The van der Waals surface area contributed by atoms with Crippen LogP contribution in [-0.2, 0) is 38.1 Å². The number of carbonyl (C=O) groups is 9. The number of aliphatic carboxylic acids is 1. The average molecular weight is 1750 g/mol. The molecule has 6 aromatic carbocycles. The number of aromatic amines is 4. The molecule has 8 atom stereocenters. The van der Waals surface area contributed by atoms with Crippen LogP contribution in [-0.4, -0.2) is 204 Å². The van der Waals surface area contributed by atoms with E-state index in [2.05, 4.69) is 192 Å². The molecule has 2 unspecified atom stereocenters. The van der Waals surface area contributed by atoms with Crippen LogP contribution >= 0.6 is 0 Å². The molecule has 12 aromatic rings. The van der Waals surface area contributed by atoms with E-state index in [0.717, 1.165) is 159 Å². The summed E-state index contributed by atoms with van der Waals surface area (Å²) in [5, 5.41) is 32.4. The van der Waals surface area contributed by atoms with E-state index in [-0.39, 0.29) is 65.5 Å². The summed E-state index contributed by atoms with van der Waals surface area (Å²) < 4.78 is 19.5. The van der Waals surface area contributed by atoms with Gasteiger partial charge in [0.2, 0.25) is 11.8 Å². The molecule has 0 bridgehead atoms. The maximum absolute atomic E-state index is 13.9. The van der Waals surface area contributed by atoms with Crippen molar-refractivity contribution in [3.8, 4) is 67.3 Å². The Kier molecular flexibility index (Phi) is 28.2. The Labute approximate surface area is 744 Å². The zero-order chi connectivity index (χ0) is 91.3. The number of hydrogen-bond acceptors (Lipinski definition) is 20. The first-order valence-corrected chi connectivity index (χ1v) is 42.9. The van der Waals surface area contributed by atoms with Crippen LogP contribution in [0.2, 0.25) is 0 Å². The van der Waals surface area contributed by atoms with Crippen LogP contribution < -0.4 is 21.3 Å². The quantitative estimate of drug-likeness (QED) is 0.0282. The SMILES string of the molecule is CC(C)[C@H](NC(=O)O)C(=O)N1CCC[C@H]1c1ncc(-c2ccc3cc(-c4ccc(-c5cnc([C@@H]6CCCN6C(=O)OC(C)(C)C)[nH]5)cc4)ccc3c2)[nH]1.COC(=O)NC(C(=O)N1CCC[C@H]1c1ncc(-c2ccc(-c3ccc4cc(-c5cnc([C@@H]6CCCN6C(=O)[C@@H](NC(=O)OC)C(C)C)[nH]5)ccc4c3)cc2)[nH]1)c1cccnc1.COC(=O)NC(C(=O)O)c1cnccn1. The van der Waals surface area contributed by atoms with Gasteiger partial charge in [-0.2, -0.15) is 0 Å². The highest BCUT2D eigenvalue weighted by Gasteiger charge is 2.42. The van der Waals surface area contributed by atoms with Crippen molar-refractivity contribution in [2.45, 2.75) is 154 Å². The molecular formula is C95H105N19O15. The number of H-pyrrole nitrogens is 4. The molecule has 0 aliphatic carbocycles. The third-order valence-electron chi connectivity index (χ3n) is 23.4. The topological polar surface area (TPSA) is 445 Å². The van der Waals surface area contributed by atoms with Crippen LogP contribution in [0.25, 0.3) is 88.8 Å². The van der Waals surface area contributed by atoms with Gasteiger partial charge in [-0.25, -0.2) is 48.7 Å². The fraction of sp³-hybridized carbons (Fsp3) is 0.347. The second kappa shape index (κ2) is 40.2. The second-order valence-corrected chi connectivity index (χ2v) is 33.8. The van der Waals surface area contributed by atoms with E-state index in [0.29, 0.717) is 43.4 Å². The molecule has 129 heavy (non-hydrogen) atoms. The normalized spacial score (nSPS) is 17.0. The number of amides is 8. The molecule has 16 rings (SSSR count). The van der Waals surface area contributed by atoms with Crippen molar-refractivity contribution >= 4 is 75.7 Å². The summed E-state index contributed by atoms with van der Waals surface area (Å²) in [6.07, 6.45) is 17.3. The van der Waals surface area contributed by atoms with Gasteiger partial charge in [0, 0.05) is 67.7 Å². The Balaban J connectivity index is 0.000000181. The molecule has 34 heteroatoms. The Morgan fingerprint density at radius 2 is 0.752 bits per heavy atom. The Morgan fingerprint density at radius 1 is 0.395 bits per heavy atom. The van der Waals surface area contributed by atoms with Gasteiger partial charge in [-0.1, -0.05) is 131 Å². The molecule has 4 aliphatic rings. The summed E-state index contributed by atoms with van der Waals surface area (Å²) in [5.41, 5.74) is 11.9. The highest BCUT2D eigenvalue weighted by atomic mass is 16.6. The van der Waals surface area contributed by atoms with Gasteiger partial charge in [-0.3, -0.25) is 34.2 Å². The third-order valence-corrected chi connectivity index (χ3v) is 23.4. The van der Waals surface area contributed by atoms with Crippen molar-refractivity contribution < 1.29 is 72.3 Å². The molecule has 10 N–H and O–H groups in total. The third kappa shape index (κ3) is 21.3. The largest absolute Gasteiger partial charge is 0.479 e. The number of likely N-dealkylation sites (tertiary alicyclic amines) is 4. The van der Waals surface area contributed by atoms with E-state index in [1.165, 1.54) is 32.8 Å². The number of rotatable bonds is 22. The molecule has 8 amide bonds. The number of alkyl carbamates (subject to hydrolysis) is 3. The van der Waals surface area contributed by atoms with Crippen molar-refractivity contribution in [1.29, 1.82) is 0 Å². The van der Waals surface area contributed by atoms with E-state index in [1.54, 1.807) is 51.6 Å². The first kappa shape index (κ1) is 90.4. The molecule has 4 fully saturated rings. The summed E-state index contributed by atoms with van der Waals surface area (Å²) in [4.78, 5) is 162. The predicted octanol–water partition coefficient (Wildman–Crippen LogP) is 15.8. The van der Waals surface area contributed by atoms with Crippen LogP contribution in [0.5, 0.6) is 0 Å². The maximum atomic E-state index is 13.9. The van der Waals surface area contributed by atoms with E-state index in [1.807, 2.05) is 65.8 Å². The number of nitrogens with zero attached hydrogens (tertiary/aromatic N) is 11. The molecular weight excluding hydrogens is 1650 g/mol. The number of carboxylic acid groups (broad SMARTS) is 2. The Hall–Kier alpha value is -14.9. The number of ether oxygens (including phenoxy) is 4. The first-order valence-electron chi connectivity index (χ1n) is 42.9. The van der Waals surface area contributed by atoms with Crippen LogP contribution in [0, 0.1) is 11.8 Å². The molecule has 4 saturated heterocycles. The zero-order valence-corrected chi connectivity index (χ0v) is 73.3. The fourth-order valence-corrected chi connectivity index (χ4v) is 16.8. The number of aromatic nitrogens is 11. The van der Waals surface area contributed by atoms with Gasteiger partial charge < -0.3 is 85.1 Å². The lowest BCUT2D eigenvalue weighted by molar-refractivity contribution is -0.140. The summed E-state index contributed by atoms with van der Waals surface area (Å²) in [7, 11) is 3.70. The Morgan fingerprint density at radius 3 is 1.13 bits per heavy atom. The number of benzene rings is 6. The van der Waals surface area contributed by atoms with Crippen molar-refractivity contribution in [2.24, 2.45) is 11.8 Å². The smallest absolute Gasteiger partial charge is 0.410 e. The Bertz CT molecular complexity index is 6010. The van der Waals surface area contributed by atoms with Gasteiger partial charge in [0.1, 0.15) is 47.0 Å². The lowest BCUT2D eigenvalue weighted by atomic mass is 9.98. The van der Waals surface area contributed by atoms with Gasteiger partial charge in [-0.05, 0) is 169 Å². The van der Waals surface area contributed by atoms with Gasteiger partial charge in [0.05, 0.1) is 105 Å². The minimum Gasteiger partial charge on any atom is -0.479 e. The minimum atomic E-state index is -1.26. The minimum absolute atomic E-state index is 0.109. The molecule has 34 nitrogen and oxygen atoms in total. The van der Waals surface area contributed by atoms with Gasteiger partial charge in [-0.15, -0.1) is 0 Å². The first-order chi connectivity index (χ1) is 62.1. The second-order valence-electron chi connectivity index (χ2n) is 33.8. The number of imidazole rings is 4. The molecule has 0 spiro atoms. The molecule has 0 radical (unpaired) electrons. The van der Waals surface area contributed by atoms with Crippen LogP contribution in [0.1, 0.15) is 171 Å². The molecule has 6 aromatic heterocycles. The summed E-state index contributed by atoms with van der Waals surface area (Å²) in [5.74, 6) is 0.754. The predicted molar refractivity (Wildman–Crippen MR) is 479 cm³/mol. The monoisotopic (exact) mass is 1750 g/mol. The number of nitrogens with one attached hydrogen (secondary N) is 8. The van der Waals surface area contributed by atoms with Crippen molar-refractivity contribution in [1.82, 2.24) is 95.7 Å². The van der Waals surface area contributed by atoms with Crippen molar-refractivity contribution in [3.05, 3.63) is 224 Å². The maximum Gasteiger partial charge on any atom is 0.410 e. The number of carbonyl (C=O) groups excluding carboxylic acids is 7. The molecule has 670 valence electrons. The van der Waals surface area contributed by atoms with E-state index >= 15 is 0 Å². The number of methoxy groups -OCH3 is 3. The highest BCUT2D eigenvalue weighted by molar-refractivity contribution is 5.94. The van der Waals surface area contributed by atoms with Crippen LogP contribution in [0.4, 0.5) is 24.0 Å². The number of hydrogen-bond donors (Lipinski definition) is 10. The molecule has 4 aliphatic heterocycles. The van der Waals surface area contributed by atoms with Crippen molar-refractivity contribution in [3.63, 3.8) is 0 Å². The number of pyridine rings is 1. The average Bonchev–Trinajstić information content (AvgIpc) is 1.71. The lowest BCUT2D eigenvalue weighted by Gasteiger charge is -2.30. The summed E-state index contributed by atoms with van der Waals surface area (Å²) in [6, 6.07) is 41.1. The summed E-state index contributed by atoms with van der Waals surface area (Å²) in [6.45, 7) is 15.5. The van der Waals surface area contributed by atoms with E-state index < -0.39 is 60.1 Å². The standard InChI is InChI=1S/C46H49N9O6.C41H47N7O5.C8H9N3O4/c1-27(2)39(52-45(58)60-3)43(56)54-20-6-9-37(54)42-49-26-36(51-42)33-18-17-31-22-30(15-16-32(31)23-33)28-11-13-29(14-12-28)35-25-48-41(50-35)38-10-7-21-55(38)44(57)40(53-46(59)61-4)34-8-5-19-47-24-34;1-24(2)35(46-39(50)51)38(49)47-18-6-8-33(47)36-43-23-32(45-36)30-17-16-28-20-27(14-15-29(28)21-30)25-10-12-26(13-11-25)31-22-42-37(44-31)34-9-7-19-48(34)40(52)53-41(3,4)5;1-15-8(14)11-6(7(12)13)5-4-9-2-3-10-5/h5,8,11-19,22-27,37-40H,6-7,9-10,20-21H2,1-4H3,(H,48,50)(H,49,51)(H,52,58)(H,53,59);10-17,20-24,33-35,46H,6-9,18-19H2,1-5H3,(H,42,44)(H,43,45)(H,50,51);2-4,6H,1H3,(H,11,14)(H,12,13)/t37-,38-,39-,40?;33-,34-,35-;/m00./s1. The molecule has 0 saturated carbocycles. The fourth-order valence-electron chi connectivity index (χ4n) is 16.8. The van der Waals surface area contributed by atoms with E-state index in [9.17, 15) is 48.3 Å². The summed E-state index contributed by atoms with van der Waals surface area (Å²) >= 11 is 0. The zero-order valence-electron chi connectivity index (χ0n) is 73.3. The van der Waals surface area contributed by atoms with Crippen molar-refractivity contribution in [2.75, 3.05) is 47.5 Å². The molecule has 10 heterocycles. The van der Waals surface area contributed by atoms with Crippen LogP contribution in [0.3, 0.4) is 0 Å². The van der Waals surface area contributed by atoms with E-state index in [4.69, 9.17) is 29.3 Å². The van der Waals surface area contributed by atoms with Gasteiger partial charge >= 0.3 is 36.4 Å². The number of carboxylic acids is 1. The van der Waals surface area contributed by atoms with Gasteiger partial charge in [0.25, 0.3) is 5.91 Å².